The number of para-hydroxylation sites is 2. The van der Waals surface area contributed by atoms with Gasteiger partial charge in [-0.3, -0.25) is 0 Å². The van der Waals surface area contributed by atoms with Gasteiger partial charge in [0, 0.05) is 32.7 Å². The van der Waals surface area contributed by atoms with Gasteiger partial charge in [-0.2, -0.15) is 34.2 Å². The van der Waals surface area contributed by atoms with Crippen LogP contribution in [0.25, 0.3) is 88.4 Å². The predicted octanol–water partition coefficient (Wildman–Crippen LogP) is 13.4. The third-order valence-electron chi connectivity index (χ3n) is 11.5. The third kappa shape index (κ3) is 5.77. The summed E-state index contributed by atoms with van der Waals surface area (Å²) in [5, 5.41) is 45.0. The van der Waals surface area contributed by atoms with Crippen molar-refractivity contribution in [3.63, 3.8) is 0 Å². The molecule has 8 aromatic carbocycles. The SMILES string of the molecule is N#Cc1ccccc1-c1ccc2c3ccccc3n(-c3cc(-c4c(C#N)cccc4C(F)(F)F)c(-n4c5ccccc5c5ccc(-c6ccccc6C#N)cc54)cc3C#N)c2c1. The van der Waals surface area contributed by atoms with Gasteiger partial charge in [0.1, 0.15) is 6.07 Å². The number of alkyl halides is 3. The van der Waals surface area contributed by atoms with Crippen molar-refractivity contribution < 1.29 is 13.2 Å². The van der Waals surface area contributed by atoms with Gasteiger partial charge >= 0.3 is 6.18 Å². The molecular weight excluding hydrogens is 778 g/mol. The molecule has 0 fully saturated rings. The number of halogens is 3. The molecule has 2 heterocycles. The van der Waals surface area contributed by atoms with Crippen LogP contribution in [0.5, 0.6) is 0 Å². The zero-order chi connectivity index (χ0) is 42.7. The lowest BCUT2D eigenvalue weighted by molar-refractivity contribution is -0.137. The van der Waals surface area contributed by atoms with Crippen molar-refractivity contribution in [1.82, 2.24) is 9.13 Å². The number of aromatic nitrogens is 2. The monoisotopic (exact) mass is 804 g/mol. The van der Waals surface area contributed by atoms with Crippen molar-refractivity contribution in [3.8, 4) is 69.0 Å². The maximum Gasteiger partial charge on any atom is 0.417 e. The summed E-state index contributed by atoms with van der Waals surface area (Å²) < 4.78 is 49.7. The number of nitriles is 4. The zero-order valence-corrected chi connectivity index (χ0v) is 32.4. The summed E-state index contributed by atoms with van der Waals surface area (Å²) in [6.07, 6.45) is -4.86. The Balaban J connectivity index is 1.37. The summed E-state index contributed by atoms with van der Waals surface area (Å²) in [5.41, 5.74) is 5.65. The lowest BCUT2D eigenvalue weighted by Crippen LogP contribution is -2.11. The second-order valence-corrected chi connectivity index (χ2v) is 14.8. The van der Waals surface area contributed by atoms with E-state index in [0.29, 0.717) is 55.6 Å². The van der Waals surface area contributed by atoms with Crippen molar-refractivity contribution >= 4 is 43.6 Å². The van der Waals surface area contributed by atoms with Crippen molar-refractivity contribution in [2.45, 2.75) is 6.18 Å². The van der Waals surface area contributed by atoms with Crippen LogP contribution in [0.3, 0.4) is 0 Å². The fourth-order valence-electron chi connectivity index (χ4n) is 8.87. The Hall–Kier alpha value is -8.89. The molecule has 0 saturated carbocycles. The molecule has 0 aliphatic heterocycles. The first kappa shape index (κ1) is 37.4. The van der Waals surface area contributed by atoms with Crippen LogP contribution in [0.15, 0.2) is 164 Å². The maximum atomic E-state index is 15.3. The molecule has 0 bridgehead atoms. The molecule has 290 valence electrons. The lowest BCUT2D eigenvalue weighted by Gasteiger charge is -2.22. The largest absolute Gasteiger partial charge is 0.417 e. The number of fused-ring (bicyclic) bond motifs is 6. The number of hydrogen-bond donors (Lipinski definition) is 0. The number of nitrogens with zero attached hydrogens (tertiary/aromatic N) is 6. The van der Waals surface area contributed by atoms with E-state index in [1.54, 1.807) is 36.4 Å². The number of rotatable bonds is 5. The minimum absolute atomic E-state index is 0.0749. The second-order valence-electron chi connectivity index (χ2n) is 14.8. The van der Waals surface area contributed by atoms with E-state index in [2.05, 4.69) is 18.2 Å². The van der Waals surface area contributed by atoms with Crippen molar-refractivity contribution in [1.29, 1.82) is 21.0 Å². The molecule has 6 nitrogen and oxygen atoms in total. The Bertz CT molecular complexity index is 3690. The van der Waals surface area contributed by atoms with Crippen LogP contribution in [-0.2, 0) is 6.18 Å². The molecule has 0 N–H and O–H groups in total. The number of hydrogen-bond acceptors (Lipinski definition) is 4. The van der Waals surface area contributed by atoms with Gasteiger partial charge in [-0.25, -0.2) is 0 Å². The molecule has 62 heavy (non-hydrogen) atoms. The van der Waals surface area contributed by atoms with Crippen molar-refractivity contribution in [2.75, 3.05) is 0 Å². The third-order valence-corrected chi connectivity index (χ3v) is 11.5. The lowest BCUT2D eigenvalue weighted by atomic mass is 9.91. The first-order valence-electron chi connectivity index (χ1n) is 19.5. The topological polar surface area (TPSA) is 105 Å². The Morgan fingerprint density at radius 2 is 0.823 bits per heavy atom. The van der Waals surface area contributed by atoms with Crippen LogP contribution >= 0.6 is 0 Å². The summed E-state index contributed by atoms with van der Waals surface area (Å²) in [6, 6.07) is 56.8. The van der Waals surface area contributed by atoms with E-state index in [4.69, 9.17) is 0 Å². The molecule has 0 saturated heterocycles. The summed E-state index contributed by atoms with van der Waals surface area (Å²) in [6.45, 7) is 0. The Kier molecular flexibility index (Phi) is 8.70. The Morgan fingerprint density at radius 3 is 1.34 bits per heavy atom. The van der Waals surface area contributed by atoms with E-state index >= 15 is 13.2 Å². The molecule has 9 heteroatoms. The molecule has 10 rings (SSSR count). The Labute approximate surface area is 352 Å². The zero-order valence-electron chi connectivity index (χ0n) is 32.4. The quantitative estimate of drug-likeness (QED) is 0.173. The minimum atomic E-state index is -4.86. The predicted molar refractivity (Wildman–Crippen MR) is 235 cm³/mol. The van der Waals surface area contributed by atoms with Crippen LogP contribution < -0.4 is 0 Å². The van der Waals surface area contributed by atoms with Gasteiger partial charge in [0.15, 0.2) is 0 Å². The minimum Gasteiger partial charge on any atom is -0.309 e. The molecule has 0 radical (unpaired) electrons. The standard InChI is InChI=1S/C53H27F3N6/c54-53(55,56)45-17-9-12-36(30-59)52(45)44-27-48(61-46-18-7-5-15-40(46)42-22-20-32(24-49(42)61)38-13-3-1-10-34(38)28-57)37(31-60)26-51(44)62-47-19-8-6-16-41(47)43-23-21-33(25-50(43)62)39-14-4-2-11-35(39)29-58/h1-27H. The van der Waals surface area contributed by atoms with E-state index in [9.17, 15) is 21.0 Å². The van der Waals surface area contributed by atoms with Crippen LogP contribution in [0, 0.1) is 45.3 Å². The van der Waals surface area contributed by atoms with E-state index in [-0.39, 0.29) is 27.9 Å². The fraction of sp³-hybridized carbons (Fsp3) is 0.0189. The first-order valence-corrected chi connectivity index (χ1v) is 19.5. The normalized spacial score (nSPS) is 11.4. The van der Waals surface area contributed by atoms with Crippen molar-refractivity contribution in [3.05, 3.63) is 192 Å². The smallest absolute Gasteiger partial charge is 0.309 e. The average molecular weight is 805 g/mol. The van der Waals surface area contributed by atoms with Gasteiger partial charge in [-0.15, -0.1) is 0 Å². The summed E-state index contributed by atoms with van der Waals surface area (Å²) in [7, 11) is 0. The molecule has 0 atom stereocenters. The molecule has 0 aliphatic carbocycles. The van der Waals surface area contributed by atoms with Crippen LogP contribution in [0.2, 0.25) is 0 Å². The van der Waals surface area contributed by atoms with E-state index in [1.807, 2.05) is 124 Å². The summed E-state index contributed by atoms with van der Waals surface area (Å²) >= 11 is 0. The van der Waals surface area contributed by atoms with Gasteiger partial charge in [0.25, 0.3) is 0 Å². The van der Waals surface area contributed by atoms with Gasteiger partial charge in [-0.1, -0.05) is 103 Å². The highest BCUT2D eigenvalue weighted by atomic mass is 19.4. The maximum absolute atomic E-state index is 15.3. The highest BCUT2D eigenvalue weighted by molar-refractivity contribution is 6.12. The van der Waals surface area contributed by atoms with E-state index in [1.165, 1.54) is 12.1 Å². The van der Waals surface area contributed by atoms with Gasteiger partial charge in [0.05, 0.1) is 79.5 Å². The van der Waals surface area contributed by atoms with Gasteiger partial charge in [0.2, 0.25) is 0 Å². The molecule has 2 aromatic heterocycles. The van der Waals surface area contributed by atoms with Crippen LogP contribution in [-0.4, -0.2) is 9.13 Å². The highest BCUT2D eigenvalue weighted by Crippen LogP contribution is 2.46. The highest BCUT2D eigenvalue weighted by Gasteiger charge is 2.36. The van der Waals surface area contributed by atoms with Crippen LogP contribution in [0.4, 0.5) is 13.2 Å². The van der Waals surface area contributed by atoms with E-state index < -0.39 is 11.7 Å². The molecule has 0 spiro atoms. The Morgan fingerprint density at radius 1 is 0.371 bits per heavy atom. The molecular formula is C53H27F3N6. The fourth-order valence-corrected chi connectivity index (χ4v) is 8.87. The van der Waals surface area contributed by atoms with Gasteiger partial charge in [-0.05, 0) is 82.9 Å². The molecule has 0 amide bonds. The second kappa shape index (κ2) is 14.4. The summed E-state index contributed by atoms with van der Waals surface area (Å²) in [5.74, 6) is 0. The number of benzene rings is 8. The summed E-state index contributed by atoms with van der Waals surface area (Å²) in [4.78, 5) is 0. The van der Waals surface area contributed by atoms with Crippen LogP contribution in [0.1, 0.15) is 27.8 Å². The van der Waals surface area contributed by atoms with E-state index in [0.717, 1.165) is 33.2 Å². The molecule has 0 unspecified atom stereocenters. The first-order chi connectivity index (χ1) is 30.2. The van der Waals surface area contributed by atoms with Gasteiger partial charge < -0.3 is 9.13 Å². The average Bonchev–Trinajstić information content (AvgIpc) is 3.82. The molecule has 0 aliphatic rings. The van der Waals surface area contributed by atoms with Crippen molar-refractivity contribution in [2.24, 2.45) is 0 Å². The molecule has 10 aromatic rings.